The highest BCUT2D eigenvalue weighted by Crippen LogP contribution is 2.40. The Morgan fingerprint density at radius 2 is 0.975 bits per heavy atom. The number of pyridine rings is 1. The van der Waals surface area contributed by atoms with Crippen molar-refractivity contribution in [2.24, 2.45) is 0 Å². The molecule has 0 N–H and O–H groups in total. The van der Waals surface area contributed by atoms with Crippen molar-refractivity contribution >= 4 is 36.2 Å². The standard InChI is InChI=1S/C31H29NO8/c1-7-28(33)39-30-24(35-3)16-20(17-25(30)36-4)12-14-22-10-9-11-23(32-22)15-13-21-18-26(37-5)31(27(19-21)38-6)40-29(34)8-2/h7-19H,1-2H2,3-6H3/b14-12+,15-13+. The van der Waals surface area contributed by atoms with Crippen LogP contribution in [0.5, 0.6) is 34.5 Å². The molecule has 0 bridgehead atoms. The molecule has 40 heavy (non-hydrogen) atoms. The quantitative estimate of drug-likeness (QED) is 0.163. The molecule has 0 saturated carbocycles. The van der Waals surface area contributed by atoms with E-state index < -0.39 is 11.9 Å². The molecule has 1 aromatic heterocycles. The Labute approximate surface area is 232 Å². The summed E-state index contributed by atoms with van der Waals surface area (Å²) in [5.41, 5.74) is 2.88. The van der Waals surface area contributed by atoms with Crippen LogP contribution in [0, 0.1) is 0 Å². The molecule has 2 aromatic carbocycles. The van der Waals surface area contributed by atoms with Crippen molar-refractivity contribution in [2.45, 2.75) is 0 Å². The van der Waals surface area contributed by atoms with Crippen LogP contribution in [-0.4, -0.2) is 45.4 Å². The topological polar surface area (TPSA) is 102 Å². The van der Waals surface area contributed by atoms with Crippen molar-refractivity contribution in [3.05, 3.63) is 90.3 Å². The minimum atomic E-state index is -0.627. The fourth-order valence-corrected chi connectivity index (χ4v) is 3.50. The fourth-order valence-electron chi connectivity index (χ4n) is 3.50. The lowest BCUT2D eigenvalue weighted by Crippen LogP contribution is -2.06. The fraction of sp³-hybridized carbons (Fsp3) is 0.129. The molecule has 0 aliphatic rings. The van der Waals surface area contributed by atoms with E-state index in [0.717, 1.165) is 23.3 Å². The summed E-state index contributed by atoms with van der Waals surface area (Å²) in [5, 5.41) is 0. The SMILES string of the molecule is C=CC(=O)Oc1c(OC)cc(/C=C/c2cccc(/C=C/c3cc(OC)c(OC(=O)C=C)c(OC)c3)n2)cc1OC. The van der Waals surface area contributed by atoms with Crippen molar-refractivity contribution in [3.8, 4) is 34.5 Å². The van der Waals surface area contributed by atoms with Crippen LogP contribution < -0.4 is 28.4 Å². The van der Waals surface area contributed by atoms with Gasteiger partial charge >= 0.3 is 11.9 Å². The summed E-state index contributed by atoms with van der Waals surface area (Å²) < 4.78 is 32.1. The summed E-state index contributed by atoms with van der Waals surface area (Å²) in [6.45, 7) is 6.81. The van der Waals surface area contributed by atoms with Crippen LogP contribution in [-0.2, 0) is 9.59 Å². The van der Waals surface area contributed by atoms with Gasteiger partial charge in [0.2, 0.25) is 11.5 Å². The van der Waals surface area contributed by atoms with Crippen LogP contribution >= 0.6 is 0 Å². The molecule has 9 nitrogen and oxygen atoms in total. The van der Waals surface area contributed by atoms with E-state index in [9.17, 15) is 9.59 Å². The molecular formula is C31H29NO8. The highest BCUT2D eigenvalue weighted by molar-refractivity contribution is 5.86. The maximum absolute atomic E-state index is 11.7. The number of rotatable bonds is 12. The summed E-state index contributed by atoms with van der Waals surface area (Å²) >= 11 is 0. The van der Waals surface area contributed by atoms with Gasteiger partial charge in [-0.05, 0) is 59.7 Å². The van der Waals surface area contributed by atoms with E-state index >= 15 is 0 Å². The second-order valence-corrected chi connectivity index (χ2v) is 7.91. The molecule has 206 valence electrons. The Hall–Kier alpha value is -5.31. The van der Waals surface area contributed by atoms with Crippen molar-refractivity contribution in [3.63, 3.8) is 0 Å². The van der Waals surface area contributed by atoms with E-state index in [1.807, 2.05) is 42.5 Å². The van der Waals surface area contributed by atoms with E-state index in [-0.39, 0.29) is 11.5 Å². The average molecular weight is 544 g/mol. The van der Waals surface area contributed by atoms with Crippen molar-refractivity contribution < 1.29 is 38.0 Å². The first-order valence-corrected chi connectivity index (χ1v) is 11.9. The molecule has 0 fully saturated rings. The number of aromatic nitrogens is 1. The van der Waals surface area contributed by atoms with E-state index in [0.29, 0.717) is 34.4 Å². The predicted octanol–water partition coefficient (Wildman–Crippen LogP) is 5.64. The second kappa shape index (κ2) is 14.0. The molecular weight excluding hydrogens is 514 g/mol. The third kappa shape index (κ3) is 7.38. The van der Waals surface area contributed by atoms with Crippen LogP contribution in [0.25, 0.3) is 24.3 Å². The number of carbonyl (C=O) groups is 2. The number of benzene rings is 2. The zero-order valence-corrected chi connectivity index (χ0v) is 22.6. The zero-order chi connectivity index (χ0) is 29.1. The highest BCUT2D eigenvalue weighted by Gasteiger charge is 2.17. The molecule has 0 amide bonds. The number of esters is 2. The lowest BCUT2D eigenvalue weighted by Gasteiger charge is -2.13. The maximum atomic E-state index is 11.7. The Morgan fingerprint density at radius 3 is 1.27 bits per heavy atom. The normalized spacial score (nSPS) is 10.7. The lowest BCUT2D eigenvalue weighted by molar-refractivity contribution is -0.130. The van der Waals surface area contributed by atoms with E-state index in [1.54, 1.807) is 24.3 Å². The van der Waals surface area contributed by atoms with Crippen molar-refractivity contribution in [1.29, 1.82) is 0 Å². The van der Waals surface area contributed by atoms with Gasteiger partial charge in [-0.1, -0.05) is 31.4 Å². The Kier molecular flexibility index (Phi) is 10.2. The molecule has 3 aromatic rings. The number of nitrogens with zero attached hydrogens (tertiary/aromatic N) is 1. The van der Waals surface area contributed by atoms with E-state index in [4.69, 9.17) is 28.4 Å². The second-order valence-electron chi connectivity index (χ2n) is 7.91. The van der Waals surface area contributed by atoms with Crippen LogP contribution in [0.3, 0.4) is 0 Å². The van der Waals surface area contributed by atoms with Gasteiger partial charge in [-0.25, -0.2) is 14.6 Å². The number of carbonyl (C=O) groups excluding carboxylic acids is 2. The summed E-state index contributed by atoms with van der Waals surface area (Å²) in [7, 11) is 5.88. The van der Waals surface area contributed by atoms with Gasteiger partial charge in [-0.2, -0.15) is 0 Å². The number of ether oxygens (including phenoxy) is 6. The minimum Gasteiger partial charge on any atom is -0.493 e. The summed E-state index contributed by atoms with van der Waals surface area (Å²) in [6, 6.07) is 12.5. The Bertz CT molecular complexity index is 1320. The summed E-state index contributed by atoms with van der Waals surface area (Å²) in [5.74, 6) is 0.390. The molecule has 9 heteroatoms. The molecule has 0 saturated heterocycles. The molecule has 0 spiro atoms. The molecule has 0 unspecified atom stereocenters. The van der Waals surface area contributed by atoms with Crippen LogP contribution in [0.4, 0.5) is 0 Å². The lowest BCUT2D eigenvalue weighted by atomic mass is 10.1. The van der Waals surface area contributed by atoms with E-state index in [2.05, 4.69) is 18.1 Å². The molecule has 0 atom stereocenters. The van der Waals surface area contributed by atoms with Crippen molar-refractivity contribution in [1.82, 2.24) is 4.98 Å². The third-order valence-electron chi connectivity index (χ3n) is 5.39. The molecule has 0 aliphatic heterocycles. The summed E-state index contributed by atoms with van der Waals surface area (Å²) in [4.78, 5) is 28.1. The number of hydrogen-bond donors (Lipinski definition) is 0. The monoisotopic (exact) mass is 543 g/mol. The molecule has 3 rings (SSSR count). The van der Waals surface area contributed by atoms with Gasteiger partial charge in [-0.3, -0.25) is 0 Å². The van der Waals surface area contributed by atoms with E-state index in [1.165, 1.54) is 28.4 Å². The van der Waals surface area contributed by atoms with Gasteiger partial charge in [0.1, 0.15) is 0 Å². The van der Waals surface area contributed by atoms with Gasteiger partial charge in [0.05, 0.1) is 39.8 Å². The minimum absolute atomic E-state index is 0.164. The molecule has 1 heterocycles. The van der Waals surface area contributed by atoms with Gasteiger partial charge in [0.25, 0.3) is 0 Å². The van der Waals surface area contributed by atoms with Crippen molar-refractivity contribution in [2.75, 3.05) is 28.4 Å². The van der Waals surface area contributed by atoms with Crippen LogP contribution in [0.1, 0.15) is 22.5 Å². The predicted molar refractivity (Wildman–Crippen MR) is 153 cm³/mol. The maximum Gasteiger partial charge on any atom is 0.335 e. The van der Waals surface area contributed by atoms with Gasteiger partial charge < -0.3 is 28.4 Å². The van der Waals surface area contributed by atoms with Gasteiger partial charge in [-0.15, -0.1) is 0 Å². The first kappa shape index (κ1) is 29.2. The first-order valence-electron chi connectivity index (χ1n) is 11.9. The number of hydrogen-bond acceptors (Lipinski definition) is 9. The Morgan fingerprint density at radius 1 is 0.625 bits per heavy atom. The third-order valence-corrected chi connectivity index (χ3v) is 5.39. The largest absolute Gasteiger partial charge is 0.493 e. The molecule has 0 aliphatic carbocycles. The highest BCUT2D eigenvalue weighted by atomic mass is 16.6. The molecule has 0 radical (unpaired) electrons. The van der Waals surface area contributed by atoms with Crippen LogP contribution in [0.2, 0.25) is 0 Å². The van der Waals surface area contributed by atoms with Gasteiger partial charge in [0, 0.05) is 12.2 Å². The average Bonchev–Trinajstić information content (AvgIpc) is 2.99. The first-order chi connectivity index (χ1) is 19.3. The van der Waals surface area contributed by atoms with Gasteiger partial charge in [0.15, 0.2) is 23.0 Å². The van der Waals surface area contributed by atoms with Crippen LogP contribution in [0.15, 0.2) is 67.8 Å². The summed E-state index contributed by atoms with van der Waals surface area (Å²) in [6.07, 6.45) is 9.44. The smallest absolute Gasteiger partial charge is 0.335 e. The Balaban J connectivity index is 1.86. The zero-order valence-electron chi connectivity index (χ0n) is 22.6. The number of methoxy groups -OCH3 is 4.